The van der Waals surface area contributed by atoms with Crippen molar-refractivity contribution >= 4 is 11.8 Å². The van der Waals surface area contributed by atoms with Gasteiger partial charge in [-0.1, -0.05) is 11.8 Å². The maximum absolute atomic E-state index is 13.6. The monoisotopic (exact) mass is 277 g/mol. The molecule has 0 heterocycles. The first kappa shape index (κ1) is 15.7. The number of primary amides is 1. The van der Waals surface area contributed by atoms with Crippen LogP contribution in [0.15, 0.2) is 18.2 Å². The Bertz CT molecular complexity index is 561. The fraction of sp³-hybridized carbons (Fsp3) is 0.286. The van der Waals surface area contributed by atoms with Crippen LogP contribution in [0.3, 0.4) is 0 Å². The number of carbonyl (C=O) groups is 2. The fourth-order valence-electron chi connectivity index (χ4n) is 1.49. The molecule has 0 unspecified atom stereocenters. The van der Waals surface area contributed by atoms with Crippen LogP contribution >= 0.6 is 0 Å². The Hall–Kier alpha value is -2.39. The lowest BCUT2D eigenvalue weighted by Gasteiger charge is -2.06. The van der Waals surface area contributed by atoms with Gasteiger partial charge in [0.05, 0.1) is 12.1 Å². The molecule has 0 aliphatic rings. The molecule has 1 aromatic rings. The largest absolute Gasteiger partial charge is 0.370 e. The van der Waals surface area contributed by atoms with Gasteiger partial charge < -0.3 is 16.8 Å². The van der Waals surface area contributed by atoms with Crippen molar-refractivity contribution in [3.8, 4) is 11.8 Å². The van der Waals surface area contributed by atoms with Crippen LogP contribution in [-0.4, -0.2) is 24.9 Å². The zero-order valence-corrected chi connectivity index (χ0v) is 10.9. The van der Waals surface area contributed by atoms with Gasteiger partial charge in [0, 0.05) is 18.5 Å². The molecule has 106 valence electrons. The molecule has 0 aliphatic carbocycles. The standard InChI is InChI=1S/C14H16FN3O2/c15-12-6-5-10(3-1-7-16)9-11(12)14(20)18-8-2-4-13(17)19/h5-6,9H,2,4,7-8,16H2,(H2,17,19)(H,18,20). The number of halogens is 1. The highest BCUT2D eigenvalue weighted by atomic mass is 19.1. The Labute approximate surface area is 116 Å². The van der Waals surface area contributed by atoms with E-state index in [-0.39, 0.29) is 25.1 Å². The zero-order valence-electron chi connectivity index (χ0n) is 10.9. The molecule has 0 saturated heterocycles. The van der Waals surface area contributed by atoms with Gasteiger partial charge in [0.2, 0.25) is 5.91 Å². The Balaban J connectivity index is 2.69. The van der Waals surface area contributed by atoms with Crippen LogP contribution in [-0.2, 0) is 4.79 Å². The molecule has 0 atom stereocenters. The van der Waals surface area contributed by atoms with E-state index in [0.717, 1.165) is 0 Å². The summed E-state index contributed by atoms with van der Waals surface area (Å²) in [6.07, 6.45) is 0.583. The summed E-state index contributed by atoms with van der Waals surface area (Å²) in [6, 6.07) is 4.02. The average Bonchev–Trinajstić information content (AvgIpc) is 2.42. The molecule has 0 bridgehead atoms. The lowest BCUT2D eigenvalue weighted by atomic mass is 10.1. The Morgan fingerprint density at radius 1 is 1.35 bits per heavy atom. The quantitative estimate of drug-likeness (QED) is 0.527. The molecule has 20 heavy (non-hydrogen) atoms. The van der Waals surface area contributed by atoms with Crippen LogP contribution in [0.25, 0.3) is 0 Å². The highest BCUT2D eigenvalue weighted by molar-refractivity contribution is 5.94. The lowest BCUT2D eigenvalue weighted by molar-refractivity contribution is -0.118. The maximum Gasteiger partial charge on any atom is 0.254 e. The predicted molar refractivity (Wildman–Crippen MR) is 73.1 cm³/mol. The Kier molecular flexibility index (Phi) is 6.20. The van der Waals surface area contributed by atoms with Crippen LogP contribution in [0, 0.1) is 17.7 Å². The zero-order chi connectivity index (χ0) is 15.0. The normalized spacial score (nSPS) is 9.50. The van der Waals surface area contributed by atoms with Crippen molar-refractivity contribution in [1.82, 2.24) is 5.32 Å². The smallest absolute Gasteiger partial charge is 0.254 e. The van der Waals surface area contributed by atoms with E-state index in [1.165, 1.54) is 18.2 Å². The lowest BCUT2D eigenvalue weighted by Crippen LogP contribution is -2.26. The minimum absolute atomic E-state index is 0.0899. The fourth-order valence-corrected chi connectivity index (χ4v) is 1.49. The van der Waals surface area contributed by atoms with Gasteiger partial charge in [0.25, 0.3) is 5.91 Å². The molecule has 5 nitrogen and oxygen atoms in total. The Morgan fingerprint density at radius 2 is 2.10 bits per heavy atom. The molecule has 0 aromatic heterocycles. The van der Waals surface area contributed by atoms with Crippen LogP contribution < -0.4 is 16.8 Å². The molecule has 0 radical (unpaired) electrons. The number of nitrogens with two attached hydrogens (primary N) is 2. The number of nitrogens with one attached hydrogen (secondary N) is 1. The highest BCUT2D eigenvalue weighted by Gasteiger charge is 2.11. The molecule has 5 N–H and O–H groups in total. The topological polar surface area (TPSA) is 98.2 Å². The summed E-state index contributed by atoms with van der Waals surface area (Å²) in [5.41, 5.74) is 10.6. The summed E-state index contributed by atoms with van der Waals surface area (Å²) < 4.78 is 13.6. The first-order valence-corrected chi connectivity index (χ1v) is 6.09. The number of rotatable bonds is 5. The summed E-state index contributed by atoms with van der Waals surface area (Å²) in [5, 5.41) is 2.52. The third-order valence-corrected chi connectivity index (χ3v) is 2.43. The second kappa shape index (κ2) is 7.92. The first-order chi connectivity index (χ1) is 9.54. The molecular formula is C14H16FN3O2. The molecule has 0 aliphatic heterocycles. The molecule has 0 fully saturated rings. The van der Waals surface area contributed by atoms with Crippen LogP contribution in [0.1, 0.15) is 28.8 Å². The van der Waals surface area contributed by atoms with Gasteiger partial charge >= 0.3 is 0 Å². The number of amides is 2. The van der Waals surface area contributed by atoms with Crippen molar-refractivity contribution in [3.05, 3.63) is 35.1 Å². The van der Waals surface area contributed by atoms with Gasteiger partial charge in [0.1, 0.15) is 5.82 Å². The number of hydrogen-bond acceptors (Lipinski definition) is 3. The van der Waals surface area contributed by atoms with E-state index in [2.05, 4.69) is 17.2 Å². The molecule has 6 heteroatoms. The van der Waals surface area contributed by atoms with Crippen LogP contribution in [0.5, 0.6) is 0 Å². The molecule has 1 aromatic carbocycles. The Morgan fingerprint density at radius 3 is 2.75 bits per heavy atom. The summed E-state index contributed by atoms with van der Waals surface area (Å²) in [5.74, 6) is 3.73. The van der Waals surface area contributed by atoms with Gasteiger partial charge in [-0.25, -0.2) is 4.39 Å². The van der Waals surface area contributed by atoms with Crippen molar-refractivity contribution < 1.29 is 14.0 Å². The second-order valence-electron chi connectivity index (χ2n) is 4.03. The maximum atomic E-state index is 13.6. The van der Waals surface area contributed by atoms with E-state index in [1.54, 1.807) is 0 Å². The third-order valence-electron chi connectivity index (χ3n) is 2.43. The van der Waals surface area contributed by atoms with Crippen molar-refractivity contribution in [1.29, 1.82) is 0 Å². The molecular weight excluding hydrogens is 261 g/mol. The van der Waals surface area contributed by atoms with E-state index < -0.39 is 17.6 Å². The summed E-state index contributed by atoms with van der Waals surface area (Å²) in [4.78, 5) is 22.3. The van der Waals surface area contributed by atoms with Crippen molar-refractivity contribution in [2.24, 2.45) is 11.5 Å². The van der Waals surface area contributed by atoms with Gasteiger partial charge in [-0.15, -0.1) is 0 Å². The van der Waals surface area contributed by atoms with E-state index in [4.69, 9.17) is 11.5 Å². The second-order valence-corrected chi connectivity index (χ2v) is 4.03. The molecule has 0 spiro atoms. The van der Waals surface area contributed by atoms with E-state index in [9.17, 15) is 14.0 Å². The van der Waals surface area contributed by atoms with Crippen molar-refractivity contribution in [3.63, 3.8) is 0 Å². The molecule has 2 amide bonds. The average molecular weight is 277 g/mol. The number of hydrogen-bond donors (Lipinski definition) is 3. The number of carbonyl (C=O) groups excluding carboxylic acids is 2. The van der Waals surface area contributed by atoms with Crippen LogP contribution in [0.4, 0.5) is 4.39 Å². The van der Waals surface area contributed by atoms with Crippen LogP contribution in [0.2, 0.25) is 0 Å². The van der Waals surface area contributed by atoms with Crippen molar-refractivity contribution in [2.75, 3.05) is 13.1 Å². The van der Waals surface area contributed by atoms with E-state index >= 15 is 0 Å². The van der Waals surface area contributed by atoms with E-state index in [0.29, 0.717) is 12.0 Å². The minimum Gasteiger partial charge on any atom is -0.370 e. The highest BCUT2D eigenvalue weighted by Crippen LogP contribution is 2.10. The summed E-state index contributed by atoms with van der Waals surface area (Å²) in [7, 11) is 0. The van der Waals surface area contributed by atoms with Gasteiger partial charge in [-0.2, -0.15) is 0 Å². The van der Waals surface area contributed by atoms with Crippen molar-refractivity contribution in [2.45, 2.75) is 12.8 Å². The molecule has 0 saturated carbocycles. The van der Waals surface area contributed by atoms with Gasteiger partial charge in [-0.3, -0.25) is 9.59 Å². The number of benzene rings is 1. The predicted octanol–water partition coefficient (Wildman–Crippen LogP) is 0.131. The van der Waals surface area contributed by atoms with Gasteiger partial charge in [0.15, 0.2) is 0 Å². The summed E-state index contributed by atoms with van der Waals surface area (Å²) in [6.45, 7) is 0.436. The SMILES string of the molecule is NCC#Cc1ccc(F)c(C(=O)NCCCC(N)=O)c1. The summed E-state index contributed by atoms with van der Waals surface area (Å²) >= 11 is 0. The third kappa shape index (κ3) is 5.08. The minimum atomic E-state index is -0.629. The first-order valence-electron chi connectivity index (χ1n) is 6.09. The molecule has 1 rings (SSSR count). The van der Waals surface area contributed by atoms with Gasteiger partial charge in [-0.05, 0) is 24.6 Å². The van der Waals surface area contributed by atoms with E-state index in [1.807, 2.05) is 0 Å².